The summed E-state index contributed by atoms with van der Waals surface area (Å²) in [7, 11) is 0. The maximum atomic E-state index is 13.1. The van der Waals surface area contributed by atoms with Crippen molar-refractivity contribution in [2.75, 3.05) is 6.54 Å². The molecule has 13 heavy (non-hydrogen) atoms. The van der Waals surface area contributed by atoms with E-state index in [0.717, 1.165) is 0 Å². The zero-order chi connectivity index (χ0) is 10.5. The minimum atomic E-state index is -1.86. The highest BCUT2D eigenvalue weighted by atomic mass is 19.2. The van der Waals surface area contributed by atoms with Gasteiger partial charge in [-0.1, -0.05) is 13.8 Å². The molecule has 1 atom stereocenters. The van der Waals surface area contributed by atoms with Gasteiger partial charge in [-0.15, -0.1) is 0 Å². The summed E-state index contributed by atoms with van der Waals surface area (Å²) in [4.78, 5) is 0. The molecule has 0 spiro atoms. The van der Waals surface area contributed by atoms with Crippen molar-refractivity contribution < 1.29 is 8.78 Å². The van der Waals surface area contributed by atoms with Crippen molar-refractivity contribution in [1.29, 1.82) is 0 Å². The maximum Gasteiger partial charge on any atom is 0.191 e. The lowest BCUT2D eigenvalue weighted by molar-refractivity contribution is 0.151. The fourth-order valence-electron chi connectivity index (χ4n) is 0.690. The Morgan fingerprint density at radius 3 is 2.54 bits per heavy atom. The molecule has 0 saturated carbocycles. The molecule has 0 heterocycles. The zero-order valence-corrected chi connectivity index (χ0v) is 8.40. The predicted molar refractivity (Wildman–Crippen MR) is 50.3 cm³/mol. The normalized spacial score (nSPS) is 17.3. The SMILES string of the molecule is CC(C)C/C=C(/F)NC(C)(F)CN. The average molecular weight is 192 g/mol. The monoisotopic (exact) mass is 192 g/mol. The van der Waals surface area contributed by atoms with Crippen LogP contribution < -0.4 is 11.1 Å². The molecule has 0 aromatic heterocycles. The number of nitrogens with two attached hydrogens (primary N) is 1. The van der Waals surface area contributed by atoms with Gasteiger partial charge in [0, 0.05) is 6.54 Å². The first kappa shape index (κ1) is 12.4. The van der Waals surface area contributed by atoms with E-state index in [2.05, 4.69) is 5.32 Å². The van der Waals surface area contributed by atoms with Crippen molar-refractivity contribution in [1.82, 2.24) is 5.32 Å². The van der Waals surface area contributed by atoms with Gasteiger partial charge in [-0.05, 0) is 25.3 Å². The number of nitrogens with one attached hydrogen (secondary N) is 1. The molecule has 0 aliphatic heterocycles. The van der Waals surface area contributed by atoms with E-state index in [4.69, 9.17) is 5.73 Å². The molecule has 0 bridgehead atoms. The van der Waals surface area contributed by atoms with Crippen LogP contribution >= 0.6 is 0 Å². The molecule has 0 aromatic carbocycles. The highest BCUT2D eigenvalue weighted by Gasteiger charge is 2.20. The van der Waals surface area contributed by atoms with Crippen molar-refractivity contribution in [2.24, 2.45) is 11.7 Å². The minimum absolute atomic E-state index is 0.254. The van der Waals surface area contributed by atoms with E-state index in [0.29, 0.717) is 12.3 Å². The molecule has 2 nitrogen and oxygen atoms in total. The lowest BCUT2D eigenvalue weighted by Gasteiger charge is -2.19. The number of allylic oxidation sites excluding steroid dienone is 1. The fourth-order valence-corrected chi connectivity index (χ4v) is 0.690. The van der Waals surface area contributed by atoms with Crippen LogP contribution in [0.5, 0.6) is 0 Å². The first-order valence-electron chi connectivity index (χ1n) is 4.40. The highest BCUT2D eigenvalue weighted by Crippen LogP contribution is 2.09. The Bertz CT molecular complexity index is 176. The molecule has 0 radical (unpaired) electrons. The highest BCUT2D eigenvalue weighted by molar-refractivity contribution is 4.94. The molecule has 4 heteroatoms. The summed E-state index contributed by atoms with van der Waals surface area (Å²) in [6.07, 6.45) is 1.91. The maximum absolute atomic E-state index is 13.1. The molecule has 0 aliphatic rings. The average Bonchev–Trinajstić information content (AvgIpc) is 2.00. The second kappa shape index (κ2) is 5.17. The third-order valence-corrected chi connectivity index (χ3v) is 1.53. The van der Waals surface area contributed by atoms with Crippen LogP contribution in [0.15, 0.2) is 12.0 Å². The van der Waals surface area contributed by atoms with Crippen LogP contribution in [0.1, 0.15) is 27.2 Å². The number of rotatable bonds is 5. The fraction of sp³-hybridized carbons (Fsp3) is 0.778. The molecular formula is C9H18F2N2. The van der Waals surface area contributed by atoms with Crippen molar-refractivity contribution >= 4 is 0 Å². The summed E-state index contributed by atoms with van der Waals surface area (Å²) < 4.78 is 26.0. The molecule has 3 N–H and O–H groups in total. The Hall–Kier alpha value is -0.640. The molecule has 1 unspecified atom stereocenters. The van der Waals surface area contributed by atoms with Gasteiger partial charge in [-0.2, -0.15) is 4.39 Å². The third-order valence-electron chi connectivity index (χ3n) is 1.53. The summed E-state index contributed by atoms with van der Waals surface area (Å²) in [5.41, 5.74) is 5.08. The van der Waals surface area contributed by atoms with Crippen LogP contribution in [0.4, 0.5) is 8.78 Å². The smallest absolute Gasteiger partial charge is 0.191 e. The van der Waals surface area contributed by atoms with Crippen LogP contribution in [0.25, 0.3) is 0 Å². The van der Waals surface area contributed by atoms with Gasteiger partial charge in [-0.3, -0.25) is 0 Å². The number of alkyl halides is 1. The number of hydrogen-bond donors (Lipinski definition) is 2. The lowest BCUT2D eigenvalue weighted by Crippen LogP contribution is -2.43. The largest absolute Gasteiger partial charge is 0.329 e. The van der Waals surface area contributed by atoms with Crippen LogP contribution in [0.3, 0.4) is 0 Å². The second-order valence-electron chi connectivity index (χ2n) is 3.71. The molecule has 0 fully saturated rings. The predicted octanol–water partition coefficient (Wildman–Crippen LogP) is 2.08. The Labute approximate surface area is 78.2 Å². The first-order chi connectivity index (χ1) is 5.87. The van der Waals surface area contributed by atoms with Crippen molar-refractivity contribution in [2.45, 2.75) is 33.0 Å². The summed E-state index contributed by atoms with van der Waals surface area (Å²) >= 11 is 0. The van der Waals surface area contributed by atoms with Crippen LogP contribution in [0, 0.1) is 5.92 Å². The van der Waals surface area contributed by atoms with Crippen LogP contribution in [-0.2, 0) is 0 Å². The van der Waals surface area contributed by atoms with E-state index < -0.39 is 11.7 Å². The Balaban J connectivity index is 3.98. The summed E-state index contributed by atoms with van der Waals surface area (Å²) in [6, 6.07) is 0. The standard InChI is InChI=1S/C9H18F2N2/c1-7(2)4-5-8(10)13-9(3,11)6-12/h5,7,13H,4,6,12H2,1-3H3/b8-5-. The van der Waals surface area contributed by atoms with E-state index >= 15 is 0 Å². The van der Waals surface area contributed by atoms with Crippen molar-refractivity contribution in [3.63, 3.8) is 0 Å². The van der Waals surface area contributed by atoms with Gasteiger partial charge in [0.05, 0.1) is 0 Å². The van der Waals surface area contributed by atoms with Gasteiger partial charge in [-0.25, -0.2) is 4.39 Å². The topological polar surface area (TPSA) is 38.0 Å². The molecule has 78 valence electrons. The van der Waals surface area contributed by atoms with E-state index in [1.165, 1.54) is 13.0 Å². The third kappa shape index (κ3) is 6.51. The second-order valence-corrected chi connectivity index (χ2v) is 3.71. The molecule has 0 amide bonds. The van der Waals surface area contributed by atoms with E-state index in [9.17, 15) is 8.78 Å². The van der Waals surface area contributed by atoms with Gasteiger partial charge < -0.3 is 11.1 Å². The molecule has 0 aromatic rings. The number of hydrogen-bond acceptors (Lipinski definition) is 2. The molecule has 0 rings (SSSR count). The van der Waals surface area contributed by atoms with Crippen molar-refractivity contribution in [3.05, 3.63) is 12.0 Å². The van der Waals surface area contributed by atoms with E-state index in [1.54, 1.807) is 0 Å². The van der Waals surface area contributed by atoms with Gasteiger partial charge in [0.2, 0.25) is 0 Å². The minimum Gasteiger partial charge on any atom is -0.329 e. The lowest BCUT2D eigenvalue weighted by atomic mass is 10.1. The number of halogens is 2. The van der Waals surface area contributed by atoms with Gasteiger partial charge >= 0.3 is 0 Å². The van der Waals surface area contributed by atoms with Gasteiger partial charge in [0.25, 0.3) is 0 Å². The van der Waals surface area contributed by atoms with E-state index in [-0.39, 0.29) is 6.54 Å². The quantitative estimate of drug-likeness (QED) is 0.654. The van der Waals surface area contributed by atoms with Gasteiger partial charge in [0.1, 0.15) is 0 Å². The Morgan fingerprint density at radius 2 is 2.15 bits per heavy atom. The van der Waals surface area contributed by atoms with Crippen molar-refractivity contribution in [3.8, 4) is 0 Å². The summed E-state index contributed by atoms with van der Waals surface area (Å²) in [5, 5.41) is 2.06. The van der Waals surface area contributed by atoms with Crippen LogP contribution in [-0.4, -0.2) is 12.3 Å². The van der Waals surface area contributed by atoms with E-state index in [1.807, 2.05) is 13.8 Å². The zero-order valence-electron chi connectivity index (χ0n) is 8.40. The van der Waals surface area contributed by atoms with Crippen LogP contribution in [0.2, 0.25) is 0 Å². The molecule has 0 aliphatic carbocycles. The molecule has 0 saturated heterocycles. The Kier molecular flexibility index (Phi) is 4.91. The first-order valence-corrected chi connectivity index (χ1v) is 4.40. The summed E-state index contributed by atoms with van der Waals surface area (Å²) in [5.74, 6) is -2.15. The van der Waals surface area contributed by atoms with Gasteiger partial charge in [0.15, 0.2) is 11.7 Å². The molecular weight excluding hydrogens is 174 g/mol. The Morgan fingerprint density at radius 1 is 1.62 bits per heavy atom. The summed E-state index contributed by atoms with van der Waals surface area (Å²) in [6.45, 7) is 4.87.